The summed E-state index contributed by atoms with van der Waals surface area (Å²) >= 11 is 5.94. The summed E-state index contributed by atoms with van der Waals surface area (Å²) in [5, 5.41) is 22.6. The quantitative estimate of drug-likeness (QED) is 0.501. The van der Waals surface area contributed by atoms with Gasteiger partial charge in [-0.05, 0) is 36.4 Å². The summed E-state index contributed by atoms with van der Waals surface area (Å²) in [6.45, 7) is -0.0133. The second kappa shape index (κ2) is 8.32. The van der Waals surface area contributed by atoms with E-state index in [0.717, 1.165) is 12.1 Å². The number of nitrogens with zero attached hydrogens (tertiary/aromatic N) is 2. The van der Waals surface area contributed by atoms with Gasteiger partial charge in [0.2, 0.25) is 0 Å². The van der Waals surface area contributed by atoms with Crippen molar-refractivity contribution in [2.45, 2.75) is 12.7 Å². The summed E-state index contributed by atoms with van der Waals surface area (Å²) in [7, 11) is 1.37. The van der Waals surface area contributed by atoms with Gasteiger partial charge in [-0.15, -0.1) is 0 Å². The van der Waals surface area contributed by atoms with Crippen LogP contribution in [0.25, 0.3) is 0 Å². The number of hydrogen-bond donors (Lipinski definition) is 3. The molecule has 0 saturated heterocycles. The number of nitriles is 1. The molecule has 1 heterocycles. The van der Waals surface area contributed by atoms with Crippen LogP contribution in [-0.2, 0) is 12.7 Å². The highest BCUT2D eigenvalue weighted by molar-refractivity contribution is 6.30. The lowest BCUT2D eigenvalue weighted by Gasteiger charge is -2.13. The zero-order valence-electron chi connectivity index (χ0n) is 15.1. The molecular formula is C19H15ClF3N5O. The molecule has 2 aromatic carbocycles. The van der Waals surface area contributed by atoms with Gasteiger partial charge in [0.1, 0.15) is 23.2 Å². The number of aromatic amines is 1. The second-order valence-corrected chi connectivity index (χ2v) is 6.38. The van der Waals surface area contributed by atoms with Crippen LogP contribution in [0, 0.1) is 11.3 Å². The summed E-state index contributed by atoms with van der Waals surface area (Å²) in [6, 6.07) is 12.1. The van der Waals surface area contributed by atoms with Crippen LogP contribution in [0.2, 0.25) is 5.02 Å². The zero-order chi connectivity index (χ0) is 21.0. The maximum Gasteiger partial charge on any atom is 0.416 e. The van der Waals surface area contributed by atoms with E-state index >= 15 is 0 Å². The predicted octanol–water partition coefficient (Wildman–Crippen LogP) is 5.32. The molecule has 0 aliphatic carbocycles. The molecule has 0 amide bonds. The maximum absolute atomic E-state index is 13.0. The Hall–Kier alpha value is -3.38. The number of alkyl halides is 3. The van der Waals surface area contributed by atoms with Gasteiger partial charge >= 0.3 is 6.18 Å². The number of benzene rings is 2. The molecule has 1 aromatic heterocycles. The van der Waals surface area contributed by atoms with Gasteiger partial charge in [-0.2, -0.15) is 23.5 Å². The molecule has 0 fully saturated rings. The van der Waals surface area contributed by atoms with Gasteiger partial charge in [-0.25, -0.2) is 0 Å². The first-order valence-electron chi connectivity index (χ1n) is 8.31. The molecule has 0 aliphatic rings. The predicted molar refractivity (Wildman–Crippen MR) is 103 cm³/mol. The Morgan fingerprint density at radius 2 is 2.03 bits per heavy atom. The lowest BCUT2D eigenvalue weighted by molar-refractivity contribution is -0.137. The third kappa shape index (κ3) is 4.73. The van der Waals surface area contributed by atoms with Crippen LogP contribution in [0.1, 0.15) is 16.7 Å². The Kier molecular flexibility index (Phi) is 5.84. The topological polar surface area (TPSA) is 85.8 Å². The standard InChI is InChI=1S/C19H15ClF3N5O/c1-29-16-6-5-12(19(21,22)23)7-11(16)10-25-17-15(9-24)18(28-27-17)26-14-4-2-3-13(20)8-14/h2-8H,10H2,1H3,(H3,25,26,27,28). The van der Waals surface area contributed by atoms with E-state index in [4.69, 9.17) is 16.3 Å². The van der Waals surface area contributed by atoms with Crippen molar-refractivity contribution in [3.05, 3.63) is 64.2 Å². The van der Waals surface area contributed by atoms with Crippen LogP contribution in [0.15, 0.2) is 42.5 Å². The lowest BCUT2D eigenvalue weighted by atomic mass is 10.1. The SMILES string of the molecule is COc1ccc(C(F)(F)F)cc1CNc1[nH]nc(Nc2cccc(Cl)c2)c1C#N. The minimum absolute atomic E-state index is 0.0133. The number of hydrogen-bond acceptors (Lipinski definition) is 5. The smallest absolute Gasteiger partial charge is 0.416 e. The van der Waals surface area contributed by atoms with Crippen molar-refractivity contribution in [2.24, 2.45) is 0 Å². The van der Waals surface area contributed by atoms with E-state index < -0.39 is 11.7 Å². The van der Waals surface area contributed by atoms with Gasteiger partial charge in [-0.3, -0.25) is 5.10 Å². The van der Waals surface area contributed by atoms with Gasteiger partial charge in [0.25, 0.3) is 0 Å². The van der Waals surface area contributed by atoms with Crippen LogP contribution in [0.5, 0.6) is 5.75 Å². The number of anilines is 3. The molecule has 0 bridgehead atoms. The molecule has 29 heavy (non-hydrogen) atoms. The molecule has 3 aromatic rings. The number of ether oxygens (including phenoxy) is 1. The summed E-state index contributed by atoms with van der Waals surface area (Å²) < 4.78 is 44.1. The Morgan fingerprint density at radius 3 is 2.69 bits per heavy atom. The monoisotopic (exact) mass is 421 g/mol. The lowest BCUT2D eigenvalue weighted by Crippen LogP contribution is -2.08. The molecule has 0 unspecified atom stereocenters. The Labute approximate surface area is 169 Å². The summed E-state index contributed by atoms with van der Waals surface area (Å²) in [5.41, 5.74) is 0.302. The van der Waals surface area contributed by atoms with Gasteiger partial charge in [0, 0.05) is 22.8 Å². The van der Waals surface area contributed by atoms with Crippen LogP contribution in [0.4, 0.5) is 30.5 Å². The van der Waals surface area contributed by atoms with Gasteiger partial charge in [0.05, 0.1) is 12.7 Å². The zero-order valence-corrected chi connectivity index (χ0v) is 15.8. The van der Waals surface area contributed by atoms with Crippen molar-refractivity contribution < 1.29 is 17.9 Å². The van der Waals surface area contributed by atoms with Crippen LogP contribution >= 0.6 is 11.6 Å². The van der Waals surface area contributed by atoms with E-state index in [9.17, 15) is 18.4 Å². The highest BCUT2D eigenvalue weighted by atomic mass is 35.5. The molecule has 150 valence electrons. The van der Waals surface area contributed by atoms with Crippen molar-refractivity contribution in [3.8, 4) is 11.8 Å². The molecule has 0 spiro atoms. The maximum atomic E-state index is 13.0. The number of halogens is 4. The normalized spacial score (nSPS) is 11.0. The van der Waals surface area contributed by atoms with Crippen LogP contribution in [0.3, 0.4) is 0 Å². The molecule has 0 aliphatic heterocycles. The molecule has 0 saturated carbocycles. The first-order chi connectivity index (χ1) is 13.8. The van der Waals surface area contributed by atoms with E-state index in [1.54, 1.807) is 24.3 Å². The van der Waals surface area contributed by atoms with Gasteiger partial charge < -0.3 is 15.4 Å². The molecule has 6 nitrogen and oxygen atoms in total. The van der Waals surface area contributed by atoms with Crippen molar-refractivity contribution in [1.29, 1.82) is 5.26 Å². The van der Waals surface area contributed by atoms with Crippen LogP contribution in [-0.4, -0.2) is 17.3 Å². The molecule has 0 radical (unpaired) electrons. The van der Waals surface area contributed by atoms with E-state index in [2.05, 4.69) is 20.8 Å². The average molecular weight is 422 g/mol. The number of rotatable bonds is 6. The van der Waals surface area contributed by atoms with Crippen molar-refractivity contribution in [1.82, 2.24) is 10.2 Å². The minimum atomic E-state index is -4.47. The molecular weight excluding hydrogens is 407 g/mol. The fourth-order valence-electron chi connectivity index (χ4n) is 2.65. The van der Waals surface area contributed by atoms with E-state index in [1.807, 2.05) is 6.07 Å². The molecule has 3 rings (SSSR count). The molecule has 0 atom stereocenters. The highest BCUT2D eigenvalue weighted by Gasteiger charge is 2.31. The average Bonchev–Trinajstić information content (AvgIpc) is 3.06. The van der Waals surface area contributed by atoms with E-state index in [1.165, 1.54) is 13.2 Å². The minimum Gasteiger partial charge on any atom is -0.496 e. The Morgan fingerprint density at radius 1 is 1.24 bits per heavy atom. The number of H-pyrrole nitrogens is 1. The number of aromatic nitrogens is 2. The fourth-order valence-corrected chi connectivity index (χ4v) is 2.84. The molecule has 10 heteroatoms. The van der Waals surface area contributed by atoms with Crippen molar-refractivity contribution >= 4 is 28.9 Å². The largest absolute Gasteiger partial charge is 0.496 e. The van der Waals surface area contributed by atoms with Crippen molar-refractivity contribution in [3.63, 3.8) is 0 Å². The summed E-state index contributed by atoms with van der Waals surface area (Å²) in [5.74, 6) is 0.811. The van der Waals surface area contributed by atoms with Crippen LogP contribution < -0.4 is 15.4 Å². The van der Waals surface area contributed by atoms with Gasteiger partial charge in [0.15, 0.2) is 5.82 Å². The summed E-state index contributed by atoms with van der Waals surface area (Å²) in [6.07, 6.45) is -4.47. The first kappa shape index (κ1) is 20.4. The first-order valence-corrected chi connectivity index (χ1v) is 8.68. The summed E-state index contributed by atoms with van der Waals surface area (Å²) in [4.78, 5) is 0. The van der Waals surface area contributed by atoms with E-state index in [0.29, 0.717) is 16.5 Å². The third-order valence-corrected chi connectivity index (χ3v) is 4.26. The van der Waals surface area contributed by atoms with Gasteiger partial charge in [-0.1, -0.05) is 17.7 Å². The molecule has 3 N–H and O–H groups in total. The highest BCUT2D eigenvalue weighted by Crippen LogP contribution is 2.33. The second-order valence-electron chi connectivity index (χ2n) is 5.95. The van der Waals surface area contributed by atoms with Crippen molar-refractivity contribution in [2.75, 3.05) is 17.7 Å². The Bertz CT molecular complexity index is 1060. The fraction of sp³-hybridized carbons (Fsp3) is 0.158. The third-order valence-electron chi connectivity index (χ3n) is 4.03. The number of methoxy groups -OCH3 is 1. The number of nitrogens with one attached hydrogen (secondary N) is 3. The Balaban J connectivity index is 1.81. The van der Waals surface area contributed by atoms with E-state index in [-0.39, 0.29) is 29.3 Å².